The molecule has 0 radical (unpaired) electrons. The number of rotatable bonds is 5. The maximum atomic E-state index is 12.0. The van der Waals surface area contributed by atoms with Crippen molar-refractivity contribution in [1.29, 1.82) is 0 Å². The monoisotopic (exact) mass is 304 g/mol. The Morgan fingerprint density at radius 1 is 1.36 bits per heavy atom. The third-order valence-electron chi connectivity index (χ3n) is 3.62. The van der Waals surface area contributed by atoms with Gasteiger partial charge in [0.25, 0.3) is 0 Å². The number of fused-ring (bicyclic) bond motifs is 1. The average Bonchev–Trinajstić information content (AvgIpc) is 2.82. The van der Waals surface area contributed by atoms with E-state index < -0.39 is 5.97 Å². The van der Waals surface area contributed by atoms with Crippen molar-refractivity contribution in [3.63, 3.8) is 0 Å². The lowest BCUT2D eigenvalue weighted by Gasteiger charge is -2.20. The zero-order valence-corrected chi connectivity index (χ0v) is 12.9. The van der Waals surface area contributed by atoms with Crippen LogP contribution in [0, 0.1) is 6.92 Å². The van der Waals surface area contributed by atoms with Crippen molar-refractivity contribution in [2.45, 2.75) is 26.3 Å². The van der Waals surface area contributed by atoms with Crippen molar-refractivity contribution in [1.82, 2.24) is 10.2 Å². The molecule has 22 heavy (non-hydrogen) atoms. The highest BCUT2D eigenvalue weighted by molar-refractivity contribution is 5.82. The van der Waals surface area contributed by atoms with E-state index >= 15 is 0 Å². The number of aryl methyl sites for hydroxylation is 1. The summed E-state index contributed by atoms with van der Waals surface area (Å²) in [5.41, 5.74) is 1.78. The minimum absolute atomic E-state index is 0.0814. The van der Waals surface area contributed by atoms with E-state index in [2.05, 4.69) is 5.32 Å². The standard InChI is InChI=1S/C16H20N2O4/c1-10-12-6-4-5-7-13(12)22-15(10)11(2)17-16(21)18(3)9-8-14(19)20/h4-7,11H,8-9H2,1-3H3,(H,17,21)(H,19,20)/t11-/m1/s1. The van der Waals surface area contributed by atoms with Crippen LogP contribution in [0.4, 0.5) is 4.79 Å². The number of carbonyl (C=O) groups is 2. The van der Waals surface area contributed by atoms with Crippen LogP contribution in [0.3, 0.4) is 0 Å². The van der Waals surface area contributed by atoms with Gasteiger partial charge < -0.3 is 19.7 Å². The van der Waals surface area contributed by atoms with E-state index in [0.717, 1.165) is 16.5 Å². The van der Waals surface area contributed by atoms with Crippen LogP contribution < -0.4 is 5.32 Å². The van der Waals surface area contributed by atoms with Gasteiger partial charge in [-0.2, -0.15) is 0 Å². The van der Waals surface area contributed by atoms with Gasteiger partial charge in [-0.1, -0.05) is 18.2 Å². The zero-order valence-electron chi connectivity index (χ0n) is 12.9. The molecule has 0 bridgehead atoms. The number of para-hydroxylation sites is 1. The molecule has 6 nitrogen and oxygen atoms in total. The van der Waals surface area contributed by atoms with E-state index in [1.165, 1.54) is 4.90 Å². The Morgan fingerprint density at radius 2 is 2.05 bits per heavy atom. The third-order valence-corrected chi connectivity index (χ3v) is 3.62. The number of carboxylic acids is 1. The molecule has 2 amide bonds. The van der Waals surface area contributed by atoms with Crippen LogP contribution in [0.1, 0.15) is 30.7 Å². The Balaban J connectivity index is 2.07. The number of furan rings is 1. The molecule has 1 aromatic carbocycles. The Labute approximate surface area is 128 Å². The van der Waals surface area contributed by atoms with Crippen molar-refractivity contribution in [2.75, 3.05) is 13.6 Å². The molecule has 0 spiro atoms. The number of carboxylic acid groups (broad SMARTS) is 1. The predicted molar refractivity (Wildman–Crippen MR) is 82.8 cm³/mol. The van der Waals surface area contributed by atoms with Crippen LogP contribution in [-0.2, 0) is 4.79 Å². The lowest BCUT2D eigenvalue weighted by atomic mass is 10.1. The maximum absolute atomic E-state index is 12.0. The average molecular weight is 304 g/mol. The SMILES string of the molecule is Cc1c([C@@H](C)NC(=O)N(C)CCC(=O)O)oc2ccccc12. The lowest BCUT2D eigenvalue weighted by molar-refractivity contribution is -0.137. The number of urea groups is 1. The van der Waals surface area contributed by atoms with Crippen LogP contribution >= 0.6 is 0 Å². The summed E-state index contributed by atoms with van der Waals surface area (Å²) in [6.07, 6.45) is -0.0814. The quantitative estimate of drug-likeness (QED) is 0.889. The molecular weight excluding hydrogens is 284 g/mol. The Kier molecular flexibility index (Phi) is 4.70. The van der Waals surface area contributed by atoms with Gasteiger partial charge in [-0.25, -0.2) is 4.79 Å². The second-order valence-electron chi connectivity index (χ2n) is 5.32. The highest BCUT2D eigenvalue weighted by atomic mass is 16.4. The van der Waals surface area contributed by atoms with Crippen LogP contribution in [0.15, 0.2) is 28.7 Å². The summed E-state index contributed by atoms with van der Waals surface area (Å²) in [6, 6.07) is 7.08. The number of hydrogen-bond donors (Lipinski definition) is 2. The molecule has 118 valence electrons. The van der Waals surface area contributed by atoms with Gasteiger partial charge in [0.1, 0.15) is 11.3 Å². The Hall–Kier alpha value is -2.50. The van der Waals surface area contributed by atoms with Crippen LogP contribution in [0.25, 0.3) is 11.0 Å². The van der Waals surface area contributed by atoms with Gasteiger partial charge in [0.2, 0.25) is 0 Å². The molecule has 2 aromatic rings. The summed E-state index contributed by atoms with van der Waals surface area (Å²) in [5.74, 6) is -0.220. The molecule has 1 atom stereocenters. The Morgan fingerprint density at radius 3 is 2.68 bits per heavy atom. The maximum Gasteiger partial charge on any atom is 0.317 e. The van der Waals surface area contributed by atoms with Gasteiger partial charge in [0.05, 0.1) is 12.5 Å². The first-order valence-corrected chi connectivity index (χ1v) is 7.11. The van der Waals surface area contributed by atoms with E-state index in [1.807, 2.05) is 38.1 Å². The number of hydrogen-bond acceptors (Lipinski definition) is 3. The number of aliphatic carboxylic acids is 1. The summed E-state index contributed by atoms with van der Waals surface area (Å²) < 4.78 is 5.81. The number of nitrogens with zero attached hydrogens (tertiary/aromatic N) is 1. The fraction of sp³-hybridized carbons (Fsp3) is 0.375. The molecule has 0 fully saturated rings. The summed E-state index contributed by atoms with van der Waals surface area (Å²) in [5, 5.41) is 12.5. The van der Waals surface area contributed by atoms with Crippen molar-refractivity contribution in [3.05, 3.63) is 35.6 Å². The van der Waals surface area contributed by atoms with Gasteiger partial charge in [-0.15, -0.1) is 0 Å². The zero-order chi connectivity index (χ0) is 16.3. The molecule has 0 aliphatic heterocycles. The van der Waals surface area contributed by atoms with Crippen LogP contribution in [0.5, 0.6) is 0 Å². The van der Waals surface area contributed by atoms with Crippen molar-refractivity contribution < 1.29 is 19.1 Å². The first-order chi connectivity index (χ1) is 10.4. The molecule has 1 aromatic heterocycles. The molecule has 2 N–H and O–H groups in total. The normalized spacial score (nSPS) is 12.1. The summed E-state index contributed by atoms with van der Waals surface area (Å²) in [7, 11) is 1.57. The minimum atomic E-state index is -0.930. The summed E-state index contributed by atoms with van der Waals surface area (Å²) in [4.78, 5) is 23.9. The number of amides is 2. The van der Waals surface area contributed by atoms with Crippen LogP contribution in [0.2, 0.25) is 0 Å². The second kappa shape index (κ2) is 6.51. The molecule has 0 aliphatic carbocycles. The van der Waals surface area contributed by atoms with Gasteiger partial charge in [0.15, 0.2) is 0 Å². The molecule has 0 saturated carbocycles. The fourth-order valence-electron chi connectivity index (χ4n) is 2.33. The molecule has 1 heterocycles. The molecule has 0 saturated heterocycles. The second-order valence-corrected chi connectivity index (χ2v) is 5.32. The van der Waals surface area contributed by atoms with Crippen molar-refractivity contribution in [2.24, 2.45) is 0 Å². The molecular formula is C16H20N2O4. The van der Waals surface area contributed by atoms with Gasteiger partial charge in [-0.3, -0.25) is 4.79 Å². The van der Waals surface area contributed by atoms with E-state index in [0.29, 0.717) is 5.76 Å². The summed E-state index contributed by atoms with van der Waals surface area (Å²) in [6.45, 7) is 3.96. The molecule has 0 aliphatic rings. The topological polar surface area (TPSA) is 82.8 Å². The predicted octanol–water partition coefficient (Wildman–Crippen LogP) is 2.92. The van der Waals surface area contributed by atoms with E-state index in [9.17, 15) is 9.59 Å². The van der Waals surface area contributed by atoms with Crippen LogP contribution in [-0.4, -0.2) is 35.6 Å². The number of carbonyl (C=O) groups excluding carboxylic acids is 1. The van der Waals surface area contributed by atoms with E-state index in [1.54, 1.807) is 7.05 Å². The highest BCUT2D eigenvalue weighted by Crippen LogP contribution is 2.29. The fourth-order valence-corrected chi connectivity index (χ4v) is 2.33. The van der Waals surface area contributed by atoms with Gasteiger partial charge in [0, 0.05) is 24.5 Å². The van der Waals surface area contributed by atoms with E-state index in [4.69, 9.17) is 9.52 Å². The smallest absolute Gasteiger partial charge is 0.317 e. The van der Waals surface area contributed by atoms with Gasteiger partial charge >= 0.3 is 12.0 Å². The van der Waals surface area contributed by atoms with Gasteiger partial charge in [-0.05, 0) is 19.9 Å². The van der Waals surface area contributed by atoms with Crippen molar-refractivity contribution >= 4 is 23.0 Å². The molecule has 0 unspecified atom stereocenters. The van der Waals surface area contributed by atoms with Crippen molar-refractivity contribution in [3.8, 4) is 0 Å². The highest BCUT2D eigenvalue weighted by Gasteiger charge is 2.20. The number of nitrogens with one attached hydrogen (secondary N) is 1. The third kappa shape index (κ3) is 3.39. The molecule has 2 rings (SSSR count). The minimum Gasteiger partial charge on any atom is -0.481 e. The molecule has 6 heteroatoms. The first-order valence-electron chi connectivity index (χ1n) is 7.11. The largest absolute Gasteiger partial charge is 0.481 e. The van der Waals surface area contributed by atoms with E-state index in [-0.39, 0.29) is 25.0 Å². The Bertz CT molecular complexity index is 693. The first kappa shape index (κ1) is 15.9. The lowest BCUT2D eigenvalue weighted by Crippen LogP contribution is -2.39. The summed E-state index contributed by atoms with van der Waals surface area (Å²) >= 11 is 0. The number of benzene rings is 1.